The Morgan fingerprint density at radius 1 is 1.57 bits per heavy atom. The maximum Gasteiger partial charge on any atom is 0.0699 e. The summed E-state index contributed by atoms with van der Waals surface area (Å²) in [6.45, 7) is 0.100. The molecule has 0 fully saturated rings. The van der Waals surface area contributed by atoms with E-state index in [1.165, 1.54) is 10.1 Å². The molecule has 1 N–H and O–H groups in total. The van der Waals surface area contributed by atoms with Crippen molar-refractivity contribution in [2.75, 3.05) is 6.26 Å². The van der Waals surface area contributed by atoms with Crippen molar-refractivity contribution in [3.05, 3.63) is 27.5 Å². The minimum atomic E-state index is 0.100. The molecule has 14 heavy (non-hydrogen) atoms. The number of fused-ring (bicyclic) bond motifs is 1. The van der Waals surface area contributed by atoms with Crippen molar-refractivity contribution < 1.29 is 5.11 Å². The molecule has 0 unspecified atom stereocenters. The summed E-state index contributed by atoms with van der Waals surface area (Å²) >= 11 is 6.89. The van der Waals surface area contributed by atoms with Crippen LogP contribution < -0.4 is 0 Å². The third kappa shape index (κ3) is 1.60. The highest BCUT2D eigenvalue weighted by Crippen LogP contribution is 2.37. The molecule has 0 spiro atoms. The lowest BCUT2D eigenvalue weighted by Gasteiger charge is -2.08. The monoisotopic (exact) mass is 288 g/mol. The summed E-state index contributed by atoms with van der Waals surface area (Å²) in [5.74, 6) is 0. The van der Waals surface area contributed by atoms with E-state index in [4.69, 9.17) is 0 Å². The third-order valence-corrected chi connectivity index (χ3v) is 4.76. The highest BCUT2D eigenvalue weighted by Gasteiger charge is 2.11. The quantitative estimate of drug-likeness (QED) is 0.847. The molecule has 0 saturated carbocycles. The molecule has 2 rings (SSSR count). The Bertz CT molecular complexity index is 464. The van der Waals surface area contributed by atoms with Crippen molar-refractivity contribution in [3.8, 4) is 0 Å². The van der Waals surface area contributed by atoms with Gasteiger partial charge in [-0.2, -0.15) is 0 Å². The van der Waals surface area contributed by atoms with Gasteiger partial charge in [0.1, 0.15) is 0 Å². The Morgan fingerprint density at radius 3 is 3.00 bits per heavy atom. The minimum Gasteiger partial charge on any atom is -0.392 e. The summed E-state index contributed by atoms with van der Waals surface area (Å²) in [5, 5.41) is 12.6. The van der Waals surface area contributed by atoms with E-state index in [1.54, 1.807) is 23.1 Å². The Balaban J connectivity index is 2.82. The predicted molar refractivity (Wildman–Crippen MR) is 67.2 cm³/mol. The van der Waals surface area contributed by atoms with Gasteiger partial charge in [-0.25, -0.2) is 0 Å². The highest BCUT2D eigenvalue weighted by atomic mass is 79.9. The molecule has 0 aliphatic rings. The van der Waals surface area contributed by atoms with E-state index in [2.05, 4.69) is 33.4 Å². The van der Waals surface area contributed by atoms with E-state index in [0.29, 0.717) is 0 Å². The average Bonchev–Trinajstić information content (AvgIpc) is 2.62. The van der Waals surface area contributed by atoms with Crippen molar-refractivity contribution >= 4 is 49.1 Å². The zero-order valence-electron chi connectivity index (χ0n) is 7.58. The van der Waals surface area contributed by atoms with E-state index >= 15 is 0 Å². The first-order chi connectivity index (χ1) is 6.77. The topological polar surface area (TPSA) is 20.2 Å². The molecule has 1 nitrogen and oxygen atoms in total. The molecule has 0 amide bonds. The first kappa shape index (κ1) is 10.5. The molecule has 0 bridgehead atoms. The predicted octanol–water partition coefficient (Wildman–Crippen LogP) is 3.88. The third-order valence-electron chi connectivity index (χ3n) is 2.13. The molecule has 0 aliphatic carbocycles. The average molecular weight is 289 g/mol. The fourth-order valence-corrected chi connectivity index (χ4v) is 4.14. The van der Waals surface area contributed by atoms with Gasteiger partial charge in [0.2, 0.25) is 0 Å². The van der Waals surface area contributed by atoms with Gasteiger partial charge in [-0.1, -0.05) is 0 Å². The summed E-state index contributed by atoms with van der Waals surface area (Å²) in [6, 6.07) is 4.18. The van der Waals surface area contributed by atoms with Crippen LogP contribution in [-0.4, -0.2) is 11.4 Å². The van der Waals surface area contributed by atoms with Gasteiger partial charge in [0, 0.05) is 19.6 Å². The summed E-state index contributed by atoms with van der Waals surface area (Å²) in [7, 11) is 0. The minimum absolute atomic E-state index is 0.100. The SMILES string of the molecule is CSc1c(Br)cc2sccc2c1CO. The number of hydrogen-bond acceptors (Lipinski definition) is 3. The molecule has 0 saturated heterocycles. The number of thioether (sulfide) groups is 1. The molecule has 1 aromatic carbocycles. The van der Waals surface area contributed by atoms with E-state index in [1.807, 2.05) is 6.26 Å². The molecule has 4 heteroatoms. The molecule has 74 valence electrons. The van der Waals surface area contributed by atoms with Crippen LogP contribution in [0.15, 0.2) is 26.9 Å². The van der Waals surface area contributed by atoms with Crippen LogP contribution in [0.25, 0.3) is 10.1 Å². The number of thiophene rings is 1. The van der Waals surface area contributed by atoms with Crippen molar-refractivity contribution in [2.24, 2.45) is 0 Å². The molecular formula is C10H9BrOS2. The summed E-state index contributed by atoms with van der Waals surface area (Å²) in [6.07, 6.45) is 2.03. The fourth-order valence-electron chi connectivity index (χ4n) is 1.51. The molecule has 1 heterocycles. The summed E-state index contributed by atoms with van der Waals surface area (Å²) in [5.41, 5.74) is 1.03. The number of hydrogen-bond donors (Lipinski definition) is 1. The lowest BCUT2D eigenvalue weighted by Crippen LogP contribution is -1.89. The number of halogens is 1. The first-order valence-electron chi connectivity index (χ1n) is 4.11. The number of rotatable bonds is 2. The number of aliphatic hydroxyl groups is 1. The Hall–Kier alpha value is -0.0300. The Labute approximate surface area is 99.3 Å². The first-order valence-corrected chi connectivity index (χ1v) is 7.01. The van der Waals surface area contributed by atoms with Crippen LogP contribution in [0.2, 0.25) is 0 Å². The van der Waals surface area contributed by atoms with Gasteiger partial charge in [0.15, 0.2) is 0 Å². The fraction of sp³-hybridized carbons (Fsp3) is 0.200. The van der Waals surface area contributed by atoms with Crippen molar-refractivity contribution in [1.82, 2.24) is 0 Å². The molecular weight excluding hydrogens is 280 g/mol. The number of benzene rings is 1. The van der Waals surface area contributed by atoms with Crippen molar-refractivity contribution in [3.63, 3.8) is 0 Å². The van der Waals surface area contributed by atoms with Crippen LogP contribution in [0.5, 0.6) is 0 Å². The van der Waals surface area contributed by atoms with Gasteiger partial charge < -0.3 is 5.11 Å². The van der Waals surface area contributed by atoms with Crippen LogP contribution in [0.4, 0.5) is 0 Å². The van der Waals surface area contributed by atoms with Gasteiger partial charge in [-0.05, 0) is 45.1 Å². The van der Waals surface area contributed by atoms with Gasteiger partial charge >= 0.3 is 0 Å². The highest BCUT2D eigenvalue weighted by molar-refractivity contribution is 9.10. The maximum absolute atomic E-state index is 9.36. The molecule has 0 radical (unpaired) electrons. The molecule has 0 atom stereocenters. The smallest absolute Gasteiger partial charge is 0.0699 e. The van der Waals surface area contributed by atoms with Gasteiger partial charge in [0.05, 0.1) is 6.61 Å². The normalized spacial score (nSPS) is 11.1. The maximum atomic E-state index is 9.36. The molecule has 2 aromatic rings. The van der Waals surface area contributed by atoms with E-state index in [-0.39, 0.29) is 6.61 Å². The second-order valence-electron chi connectivity index (χ2n) is 2.86. The zero-order valence-corrected chi connectivity index (χ0v) is 10.8. The van der Waals surface area contributed by atoms with Crippen LogP contribution in [0, 0.1) is 0 Å². The standard InChI is InChI=1S/C10H9BrOS2/c1-13-10-7(5-12)6-2-3-14-9(6)4-8(10)11/h2-4,12H,5H2,1H3. The van der Waals surface area contributed by atoms with Crippen LogP contribution in [0.1, 0.15) is 5.56 Å². The van der Waals surface area contributed by atoms with E-state index < -0.39 is 0 Å². The summed E-state index contributed by atoms with van der Waals surface area (Å²) < 4.78 is 2.29. The Kier molecular flexibility index (Phi) is 3.17. The van der Waals surface area contributed by atoms with Crippen LogP contribution in [0.3, 0.4) is 0 Å². The Morgan fingerprint density at radius 2 is 2.36 bits per heavy atom. The lowest BCUT2D eigenvalue weighted by molar-refractivity contribution is 0.280. The van der Waals surface area contributed by atoms with Crippen molar-refractivity contribution in [2.45, 2.75) is 11.5 Å². The van der Waals surface area contributed by atoms with Crippen LogP contribution >= 0.6 is 39.0 Å². The molecule has 1 aromatic heterocycles. The largest absolute Gasteiger partial charge is 0.392 e. The lowest BCUT2D eigenvalue weighted by atomic mass is 10.1. The van der Waals surface area contributed by atoms with Crippen LogP contribution in [-0.2, 0) is 6.61 Å². The second kappa shape index (κ2) is 4.23. The second-order valence-corrected chi connectivity index (χ2v) is 5.48. The van der Waals surface area contributed by atoms with Gasteiger partial charge in [0.25, 0.3) is 0 Å². The number of aliphatic hydroxyl groups excluding tert-OH is 1. The summed E-state index contributed by atoms with van der Waals surface area (Å²) in [4.78, 5) is 1.14. The van der Waals surface area contributed by atoms with E-state index in [9.17, 15) is 5.11 Å². The zero-order chi connectivity index (χ0) is 10.1. The van der Waals surface area contributed by atoms with Gasteiger partial charge in [-0.3, -0.25) is 0 Å². The van der Waals surface area contributed by atoms with Gasteiger partial charge in [-0.15, -0.1) is 23.1 Å². The van der Waals surface area contributed by atoms with Crippen molar-refractivity contribution in [1.29, 1.82) is 0 Å². The molecule has 0 aliphatic heterocycles. The van der Waals surface area contributed by atoms with E-state index in [0.717, 1.165) is 14.9 Å².